The molecule has 1 fully saturated rings. The molecular formula is C14H16ClNO. The number of hydrogen-bond acceptors (Lipinski definition) is 2. The minimum atomic E-state index is -0.150. The van der Waals surface area contributed by atoms with Crippen LogP contribution in [0, 0.1) is 23.7 Å². The van der Waals surface area contributed by atoms with Gasteiger partial charge in [0.15, 0.2) is 0 Å². The largest absolute Gasteiger partial charge is 0.495 e. The second-order valence-electron chi connectivity index (χ2n) is 4.84. The SMILES string of the molecule is COc1cc(C)c(CC2(C#N)CCC2)cc1Cl. The van der Waals surface area contributed by atoms with E-state index in [1.807, 2.05) is 19.1 Å². The highest BCUT2D eigenvalue weighted by molar-refractivity contribution is 6.32. The lowest BCUT2D eigenvalue weighted by Gasteiger charge is -2.35. The van der Waals surface area contributed by atoms with Crippen molar-refractivity contribution < 1.29 is 4.74 Å². The highest BCUT2D eigenvalue weighted by Crippen LogP contribution is 2.44. The summed E-state index contributed by atoms with van der Waals surface area (Å²) in [5, 5.41) is 9.88. The lowest BCUT2D eigenvalue weighted by atomic mass is 9.66. The van der Waals surface area contributed by atoms with Gasteiger partial charge in [-0.15, -0.1) is 0 Å². The molecule has 1 saturated carbocycles. The van der Waals surface area contributed by atoms with E-state index < -0.39 is 0 Å². The van der Waals surface area contributed by atoms with E-state index in [0.717, 1.165) is 36.8 Å². The van der Waals surface area contributed by atoms with Crippen molar-refractivity contribution >= 4 is 11.6 Å². The molecule has 0 heterocycles. The lowest BCUT2D eigenvalue weighted by Crippen LogP contribution is -2.30. The van der Waals surface area contributed by atoms with Crippen molar-refractivity contribution in [1.29, 1.82) is 5.26 Å². The number of halogens is 1. The summed E-state index contributed by atoms with van der Waals surface area (Å²) in [5.41, 5.74) is 2.16. The van der Waals surface area contributed by atoms with E-state index in [-0.39, 0.29) is 5.41 Å². The molecule has 1 aromatic carbocycles. The van der Waals surface area contributed by atoms with Crippen LogP contribution in [0.25, 0.3) is 0 Å². The summed E-state index contributed by atoms with van der Waals surface area (Å²) in [6, 6.07) is 6.35. The minimum Gasteiger partial charge on any atom is -0.495 e. The van der Waals surface area contributed by atoms with E-state index >= 15 is 0 Å². The van der Waals surface area contributed by atoms with Gasteiger partial charge in [0.05, 0.1) is 23.6 Å². The third kappa shape index (κ3) is 2.25. The average molecular weight is 250 g/mol. The molecule has 0 spiro atoms. The first-order valence-electron chi connectivity index (χ1n) is 5.84. The number of nitrogens with zero attached hydrogens (tertiary/aromatic N) is 1. The maximum absolute atomic E-state index is 9.25. The van der Waals surface area contributed by atoms with Gasteiger partial charge in [0.25, 0.3) is 0 Å². The first-order valence-corrected chi connectivity index (χ1v) is 6.22. The van der Waals surface area contributed by atoms with E-state index in [1.54, 1.807) is 7.11 Å². The minimum absolute atomic E-state index is 0.150. The smallest absolute Gasteiger partial charge is 0.137 e. The molecule has 0 aromatic heterocycles. The first kappa shape index (κ1) is 12.3. The maximum atomic E-state index is 9.25. The number of nitriles is 1. The molecule has 0 N–H and O–H groups in total. The Hall–Kier alpha value is -1.20. The predicted molar refractivity (Wildman–Crippen MR) is 68.3 cm³/mol. The van der Waals surface area contributed by atoms with Crippen LogP contribution in [0.3, 0.4) is 0 Å². The van der Waals surface area contributed by atoms with Crippen molar-refractivity contribution in [1.82, 2.24) is 0 Å². The summed E-state index contributed by atoms with van der Waals surface area (Å²) in [4.78, 5) is 0. The molecule has 0 amide bonds. The molecule has 17 heavy (non-hydrogen) atoms. The summed E-state index contributed by atoms with van der Waals surface area (Å²) >= 11 is 6.13. The quantitative estimate of drug-likeness (QED) is 0.814. The molecule has 2 nitrogen and oxygen atoms in total. The fourth-order valence-corrected chi connectivity index (χ4v) is 2.60. The third-order valence-corrected chi connectivity index (χ3v) is 3.98. The van der Waals surface area contributed by atoms with Crippen LogP contribution >= 0.6 is 11.6 Å². The molecule has 2 rings (SSSR count). The Balaban J connectivity index is 2.28. The summed E-state index contributed by atoms with van der Waals surface area (Å²) in [6.45, 7) is 2.04. The van der Waals surface area contributed by atoms with Gasteiger partial charge in [-0.3, -0.25) is 0 Å². The van der Waals surface area contributed by atoms with E-state index in [9.17, 15) is 5.26 Å². The first-order chi connectivity index (χ1) is 8.10. The highest BCUT2D eigenvalue weighted by Gasteiger charge is 2.37. The summed E-state index contributed by atoms with van der Waals surface area (Å²) in [7, 11) is 1.61. The van der Waals surface area contributed by atoms with E-state index in [0.29, 0.717) is 10.8 Å². The zero-order valence-corrected chi connectivity index (χ0v) is 11.0. The van der Waals surface area contributed by atoms with Crippen molar-refractivity contribution in [3.8, 4) is 11.8 Å². The number of hydrogen-bond donors (Lipinski definition) is 0. The zero-order valence-electron chi connectivity index (χ0n) is 10.2. The van der Waals surface area contributed by atoms with Gasteiger partial charge < -0.3 is 4.74 Å². The molecule has 1 aliphatic rings. The van der Waals surface area contributed by atoms with Crippen LogP contribution in [-0.2, 0) is 6.42 Å². The van der Waals surface area contributed by atoms with Crippen LogP contribution in [0.15, 0.2) is 12.1 Å². The number of aryl methyl sites for hydroxylation is 1. The Bertz CT molecular complexity index is 472. The molecule has 0 radical (unpaired) electrons. The van der Waals surface area contributed by atoms with Crippen LogP contribution in [0.4, 0.5) is 0 Å². The summed E-state index contributed by atoms with van der Waals surface area (Å²) in [6.07, 6.45) is 3.98. The molecule has 1 aromatic rings. The van der Waals surface area contributed by atoms with Gasteiger partial charge >= 0.3 is 0 Å². The topological polar surface area (TPSA) is 33.0 Å². The maximum Gasteiger partial charge on any atom is 0.137 e. The molecule has 0 aliphatic heterocycles. The molecule has 0 saturated heterocycles. The fourth-order valence-electron chi connectivity index (χ4n) is 2.34. The van der Waals surface area contributed by atoms with E-state index in [4.69, 9.17) is 16.3 Å². The molecular weight excluding hydrogens is 234 g/mol. The summed E-state index contributed by atoms with van der Waals surface area (Å²) < 4.78 is 5.18. The highest BCUT2D eigenvalue weighted by atomic mass is 35.5. The zero-order chi connectivity index (χ0) is 12.5. The van der Waals surface area contributed by atoms with Crippen molar-refractivity contribution in [3.63, 3.8) is 0 Å². The van der Waals surface area contributed by atoms with E-state index in [1.165, 1.54) is 0 Å². The van der Waals surface area contributed by atoms with Gasteiger partial charge in [-0.2, -0.15) is 5.26 Å². The Morgan fingerprint density at radius 1 is 1.47 bits per heavy atom. The Morgan fingerprint density at radius 2 is 2.18 bits per heavy atom. The lowest BCUT2D eigenvalue weighted by molar-refractivity contribution is 0.213. The Morgan fingerprint density at radius 3 is 2.65 bits per heavy atom. The van der Waals surface area contributed by atoms with Gasteiger partial charge in [-0.25, -0.2) is 0 Å². The normalized spacial score (nSPS) is 17.1. The van der Waals surface area contributed by atoms with Gasteiger partial charge in [0.1, 0.15) is 5.75 Å². The standard InChI is InChI=1S/C14H16ClNO/c1-10-6-13(17-2)12(15)7-11(10)8-14(9-16)4-3-5-14/h6-7H,3-5,8H2,1-2H3. The number of benzene rings is 1. The second-order valence-corrected chi connectivity index (χ2v) is 5.24. The van der Waals surface area contributed by atoms with Gasteiger partial charge in [0.2, 0.25) is 0 Å². The second kappa shape index (κ2) is 4.58. The van der Waals surface area contributed by atoms with Crippen molar-refractivity contribution in [3.05, 3.63) is 28.3 Å². The number of rotatable bonds is 3. The van der Waals surface area contributed by atoms with Crippen molar-refractivity contribution in [2.45, 2.75) is 32.6 Å². The molecule has 0 atom stereocenters. The third-order valence-electron chi connectivity index (χ3n) is 3.69. The Kier molecular flexibility index (Phi) is 3.31. The summed E-state index contributed by atoms with van der Waals surface area (Å²) in [5.74, 6) is 0.701. The molecule has 3 heteroatoms. The van der Waals surface area contributed by atoms with Crippen molar-refractivity contribution in [2.75, 3.05) is 7.11 Å². The van der Waals surface area contributed by atoms with Crippen LogP contribution in [0.2, 0.25) is 5.02 Å². The number of methoxy groups -OCH3 is 1. The Labute approximate surface area is 107 Å². The van der Waals surface area contributed by atoms with Crippen LogP contribution in [0.1, 0.15) is 30.4 Å². The van der Waals surface area contributed by atoms with Gasteiger partial charge in [-0.1, -0.05) is 18.0 Å². The monoisotopic (exact) mass is 249 g/mol. The molecule has 0 unspecified atom stereocenters. The number of ether oxygens (including phenoxy) is 1. The molecule has 0 bridgehead atoms. The average Bonchev–Trinajstić information content (AvgIpc) is 2.27. The fraction of sp³-hybridized carbons (Fsp3) is 0.500. The van der Waals surface area contributed by atoms with Crippen LogP contribution < -0.4 is 4.74 Å². The van der Waals surface area contributed by atoms with E-state index in [2.05, 4.69) is 6.07 Å². The molecule has 1 aliphatic carbocycles. The van der Waals surface area contributed by atoms with Crippen LogP contribution in [-0.4, -0.2) is 7.11 Å². The molecule has 90 valence electrons. The van der Waals surface area contributed by atoms with Crippen LogP contribution in [0.5, 0.6) is 5.75 Å². The van der Waals surface area contributed by atoms with Crippen molar-refractivity contribution in [2.24, 2.45) is 5.41 Å². The van der Waals surface area contributed by atoms with Gasteiger partial charge in [-0.05, 0) is 49.4 Å². The van der Waals surface area contributed by atoms with Gasteiger partial charge in [0, 0.05) is 0 Å². The predicted octanol–water partition coefficient (Wildman–Crippen LogP) is 3.89.